The number of hydrogen-bond acceptors (Lipinski definition) is 14. The van der Waals surface area contributed by atoms with E-state index in [9.17, 15) is 43.5 Å². The van der Waals surface area contributed by atoms with Gasteiger partial charge in [0.2, 0.25) is 0 Å². The Hall–Kier alpha value is -3.53. The molecule has 0 bridgehead atoms. The minimum atomic E-state index is -4.93. The van der Waals surface area contributed by atoms with E-state index in [0.717, 1.165) is 154 Å². The highest BCUT2D eigenvalue weighted by atomic mass is 31.2. The second kappa shape index (κ2) is 68.4. The van der Waals surface area contributed by atoms with Gasteiger partial charge in [0.05, 0.1) is 26.4 Å². The molecule has 0 aromatic carbocycles. The lowest BCUT2D eigenvalue weighted by molar-refractivity contribution is -0.161. The zero-order valence-corrected chi connectivity index (χ0v) is 60.2. The number of phosphoric acid groups is 2. The van der Waals surface area contributed by atoms with Crippen molar-refractivity contribution in [1.82, 2.24) is 0 Å². The minimum absolute atomic E-state index is 0.104. The van der Waals surface area contributed by atoms with Crippen molar-refractivity contribution >= 4 is 33.6 Å². The highest BCUT2D eigenvalue weighted by Crippen LogP contribution is 2.45. The molecule has 0 aliphatic rings. The van der Waals surface area contributed by atoms with Crippen molar-refractivity contribution in [2.24, 2.45) is 0 Å². The quantitative estimate of drug-likeness (QED) is 0.0146. The number of aliphatic hydroxyl groups is 2. The number of rotatable bonds is 69. The van der Waals surface area contributed by atoms with Crippen molar-refractivity contribution < 1.29 is 75.8 Å². The van der Waals surface area contributed by atoms with Crippen LogP contribution in [0.15, 0.2) is 97.2 Å². The predicted octanol–water partition coefficient (Wildman–Crippen LogP) is 20.6. The van der Waals surface area contributed by atoms with E-state index in [4.69, 9.17) is 32.3 Å². The Kier molecular flexibility index (Phi) is 65.8. The topological polar surface area (TPSA) is 231 Å². The van der Waals surface area contributed by atoms with Crippen LogP contribution in [0, 0.1) is 0 Å². The third kappa shape index (κ3) is 69.6. The Balaban J connectivity index is 4.63. The number of carbonyl (C=O) groups excluding carboxylic acids is 3. The molecule has 0 aromatic heterocycles. The molecule has 5 unspecified atom stereocenters. The number of phosphoric ester groups is 2. The standard InChI is InChI=1S/C75H132O16P2/c1-4-7-10-13-16-19-22-25-28-30-32-33-34-35-37-39-41-43-46-49-52-55-58-61-73(78)85-64-70(76)65-87-92(81,82)88-66-71(77)67-89-93(83,84)90-69-72(91-75(80)63-60-57-54-51-48-45-40-27-24-21-18-15-12-9-6-3)68-86-74(79)62-59-56-53-50-47-44-42-38-36-31-29-26-23-20-17-14-11-8-5-2/h8,11,16-17,19-20,25-26,28-29,32-33,35-38,70-72,76-77H,4-7,9-10,12-15,18,21-24,27,30-31,34,39-69H2,1-3H3,(H,81,82)(H,83,84)/b11-8-,19-16-,20-17-,28-25-,29-26-,33-32-,37-35-,38-36-. The fraction of sp³-hybridized carbons (Fsp3) is 0.747. The Morgan fingerprint density at radius 1 is 0.312 bits per heavy atom. The van der Waals surface area contributed by atoms with Crippen LogP contribution in [0.25, 0.3) is 0 Å². The number of hydrogen-bond donors (Lipinski definition) is 4. The summed E-state index contributed by atoms with van der Waals surface area (Å²) in [6.07, 6.45) is 75.9. The maximum atomic E-state index is 12.9. The molecule has 0 heterocycles. The summed E-state index contributed by atoms with van der Waals surface area (Å²) in [5, 5.41) is 20.6. The van der Waals surface area contributed by atoms with Crippen LogP contribution in [0.1, 0.15) is 303 Å². The SMILES string of the molecule is CC/C=C\C/C=C\C/C=C\C/C=C\CCCCCCCCC(=O)OCC(COP(=O)(O)OCC(O)COP(=O)(O)OCC(O)COC(=O)CCCCCCCCC/C=C\C/C=C\C/C=C\C/C=C\CCCCC)OC(=O)CCCCCCCCCCCCCCCCC. The van der Waals surface area contributed by atoms with Gasteiger partial charge in [-0.15, -0.1) is 0 Å². The average Bonchev–Trinajstić information content (AvgIpc) is 3.19. The van der Waals surface area contributed by atoms with Crippen molar-refractivity contribution in [2.45, 2.75) is 322 Å². The molecule has 0 radical (unpaired) electrons. The number of carbonyl (C=O) groups is 3. The van der Waals surface area contributed by atoms with Gasteiger partial charge in [-0.2, -0.15) is 0 Å². The molecular weight excluding hydrogens is 1220 g/mol. The van der Waals surface area contributed by atoms with Crippen molar-refractivity contribution in [3.8, 4) is 0 Å². The third-order valence-electron chi connectivity index (χ3n) is 15.3. The molecule has 5 atom stereocenters. The first-order valence-electron chi connectivity index (χ1n) is 36.5. The summed E-state index contributed by atoms with van der Waals surface area (Å²) in [4.78, 5) is 58.5. The predicted molar refractivity (Wildman–Crippen MR) is 381 cm³/mol. The largest absolute Gasteiger partial charge is 0.472 e. The highest BCUT2D eigenvalue weighted by molar-refractivity contribution is 7.47. The molecule has 0 spiro atoms. The van der Waals surface area contributed by atoms with Gasteiger partial charge in [-0.1, -0.05) is 279 Å². The molecule has 0 rings (SSSR count). The molecule has 4 N–H and O–H groups in total. The number of ether oxygens (including phenoxy) is 3. The zero-order valence-electron chi connectivity index (χ0n) is 58.4. The van der Waals surface area contributed by atoms with Crippen LogP contribution < -0.4 is 0 Å². The summed E-state index contributed by atoms with van der Waals surface area (Å²) in [7, 11) is -9.78. The van der Waals surface area contributed by atoms with Crippen molar-refractivity contribution in [3.63, 3.8) is 0 Å². The van der Waals surface area contributed by atoms with Crippen molar-refractivity contribution in [1.29, 1.82) is 0 Å². The van der Waals surface area contributed by atoms with Gasteiger partial charge in [-0.25, -0.2) is 9.13 Å². The van der Waals surface area contributed by atoms with Crippen LogP contribution >= 0.6 is 15.6 Å². The molecule has 0 saturated carbocycles. The maximum Gasteiger partial charge on any atom is 0.472 e. The molecular formula is C75H132O16P2. The van der Waals surface area contributed by atoms with Crippen LogP contribution in [-0.4, -0.2) is 95.9 Å². The molecule has 0 amide bonds. The molecule has 16 nitrogen and oxygen atoms in total. The molecule has 0 aromatic rings. The summed E-state index contributed by atoms with van der Waals surface area (Å²) in [5.41, 5.74) is 0. The Bertz CT molecular complexity index is 2080. The summed E-state index contributed by atoms with van der Waals surface area (Å²) < 4.78 is 61.0. The molecule has 93 heavy (non-hydrogen) atoms. The van der Waals surface area contributed by atoms with E-state index in [2.05, 4.69) is 118 Å². The number of esters is 3. The Morgan fingerprint density at radius 2 is 0.570 bits per heavy atom. The lowest BCUT2D eigenvalue weighted by atomic mass is 10.0. The maximum absolute atomic E-state index is 12.9. The van der Waals surface area contributed by atoms with Crippen LogP contribution in [0.4, 0.5) is 0 Å². The first kappa shape index (κ1) is 89.5. The lowest BCUT2D eigenvalue weighted by Gasteiger charge is -2.21. The van der Waals surface area contributed by atoms with Crippen LogP contribution in [0.2, 0.25) is 0 Å². The Labute approximate surface area is 565 Å². The van der Waals surface area contributed by atoms with E-state index in [-0.39, 0.29) is 19.3 Å². The first-order valence-corrected chi connectivity index (χ1v) is 39.5. The fourth-order valence-electron chi connectivity index (χ4n) is 9.72. The van der Waals surface area contributed by atoms with Crippen LogP contribution in [-0.2, 0) is 55.8 Å². The highest BCUT2D eigenvalue weighted by Gasteiger charge is 2.29. The van der Waals surface area contributed by atoms with E-state index >= 15 is 0 Å². The average molecular weight is 1350 g/mol. The van der Waals surface area contributed by atoms with Gasteiger partial charge < -0.3 is 34.2 Å². The van der Waals surface area contributed by atoms with Gasteiger partial charge in [0.15, 0.2) is 6.10 Å². The molecule has 0 saturated heterocycles. The van der Waals surface area contributed by atoms with Crippen LogP contribution in [0.5, 0.6) is 0 Å². The van der Waals surface area contributed by atoms with Crippen LogP contribution in [0.3, 0.4) is 0 Å². The molecule has 18 heteroatoms. The third-order valence-corrected chi connectivity index (χ3v) is 17.2. The number of allylic oxidation sites excluding steroid dienone is 16. The molecule has 0 aliphatic carbocycles. The summed E-state index contributed by atoms with van der Waals surface area (Å²) in [6.45, 7) is 2.53. The Morgan fingerprint density at radius 3 is 0.925 bits per heavy atom. The molecule has 0 aliphatic heterocycles. The smallest absolute Gasteiger partial charge is 0.463 e. The van der Waals surface area contributed by atoms with Gasteiger partial charge >= 0.3 is 33.6 Å². The van der Waals surface area contributed by atoms with Crippen molar-refractivity contribution in [3.05, 3.63) is 97.2 Å². The molecule has 0 fully saturated rings. The molecule has 538 valence electrons. The van der Waals surface area contributed by atoms with E-state index in [1.165, 1.54) is 89.9 Å². The van der Waals surface area contributed by atoms with E-state index in [1.807, 2.05) is 0 Å². The number of aliphatic hydroxyl groups excluding tert-OH is 2. The van der Waals surface area contributed by atoms with Gasteiger partial charge in [-0.05, 0) is 103 Å². The summed E-state index contributed by atoms with van der Waals surface area (Å²) in [5.74, 6) is -1.59. The van der Waals surface area contributed by atoms with E-state index in [0.29, 0.717) is 19.3 Å². The van der Waals surface area contributed by atoms with Gasteiger partial charge in [-0.3, -0.25) is 32.5 Å². The van der Waals surface area contributed by atoms with E-state index in [1.54, 1.807) is 0 Å². The van der Waals surface area contributed by atoms with E-state index < -0.39 is 91.5 Å². The number of unbranched alkanes of at least 4 members (excludes halogenated alkanes) is 30. The second-order valence-electron chi connectivity index (χ2n) is 24.4. The monoisotopic (exact) mass is 1350 g/mol. The van der Waals surface area contributed by atoms with Gasteiger partial charge in [0.25, 0.3) is 0 Å². The normalized spacial score (nSPS) is 14.7. The van der Waals surface area contributed by atoms with Crippen molar-refractivity contribution in [2.75, 3.05) is 39.6 Å². The van der Waals surface area contributed by atoms with Gasteiger partial charge in [0.1, 0.15) is 25.4 Å². The lowest BCUT2D eigenvalue weighted by Crippen LogP contribution is -2.30. The first-order chi connectivity index (χ1) is 45.2. The zero-order chi connectivity index (χ0) is 68.1. The fourth-order valence-corrected chi connectivity index (χ4v) is 11.3. The summed E-state index contributed by atoms with van der Waals surface area (Å²) in [6, 6.07) is 0. The summed E-state index contributed by atoms with van der Waals surface area (Å²) >= 11 is 0. The minimum Gasteiger partial charge on any atom is -0.463 e. The second-order valence-corrected chi connectivity index (χ2v) is 27.3. The van der Waals surface area contributed by atoms with Gasteiger partial charge in [0, 0.05) is 19.3 Å².